The van der Waals surface area contributed by atoms with Crippen LogP contribution in [0.15, 0.2) is 18.2 Å². The highest BCUT2D eigenvalue weighted by Crippen LogP contribution is 2.26. The molecule has 0 saturated carbocycles. The van der Waals surface area contributed by atoms with Crippen LogP contribution in [-0.2, 0) is 0 Å². The van der Waals surface area contributed by atoms with Crippen molar-refractivity contribution >= 4 is 23.2 Å². The van der Waals surface area contributed by atoms with Gasteiger partial charge < -0.3 is 11.1 Å². The van der Waals surface area contributed by atoms with Gasteiger partial charge in [-0.3, -0.25) is 0 Å². The molecule has 0 spiro atoms. The summed E-state index contributed by atoms with van der Waals surface area (Å²) in [6.07, 6.45) is 0.882. The Morgan fingerprint density at radius 1 is 1.55 bits per heavy atom. The molecule has 3 N–H and O–H groups in total. The number of nitriles is 1. The quantitative estimate of drug-likeness (QED) is 0.908. The van der Waals surface area contributed by atoms with E-state index < -0.39 is 5.82 Å². The third-order valence-corrected chi connectivity index (χ3v) is 3.03. The van der Waals surface area contributed by atoms with E-state index in [0.29, 0.717) is 18.1 Å². The number of nitrogens with zero attached hydrogens (tertiary/aromatic N) is 3. The maximum atomic E-state index is 13.5. The Balaban J connectivity index is 2.49. The molecule has 1 heterocycles. The fourth-order valence-corrected chi connectivity index (χ4v) is 1.84. The molecule has 0 radical (unpaired) electrons. The molecule has 1 aromatic heterocycles. The number of nitrogens with two attached hydrogens (primary N) is 1. The van der Waals surface area contributed by atoms with Crippen LogP contribution in [0.1, 0.15) is 18.9 Å². The molecular formula is C13H13ClFN5. The average Bonchev–Trinajstić information content (AvgIpc) is 2.75. The Bertz CT molecular complexity index is 674. The highest BCUT2D eigenvalue weighted by atomic mass is 35.5. The average molecular weight is 294 g/mol. The minimum Gasteiger partial charge on any atom is -0.382 e. The number of anilines is 2. The van der Waals surface area contributed by atoms with Gasteiger partial charge in [-0.1, -0.05) is 18.5 Å². The lowest BCUT2D eigenvalue weighted by Gasteiger charge is -2.04. The summed E-state index contributed by atoms with van der Waals surface area (Å²) in [6, 6.07) is 6.22. The van der Waals surface area contributed by atoms with Gasteiger partial charge in [0, 0.05) is 12.6 Å². The molecule has 0 amide bonds. The fraction of sp³-hybridized carbons (Fsp3) is 0.231. The molecule has 2 aromatic rings. The molecule has 0 aliphatic carbocycles. The van der Waals surface area contributed by atoms with Gasteiger partial charge in [-0.15, -0.1) is 5.10 Å². The lowest BCUT2D eigenvalue weighted by molar-refractivity contribution is 0.626. The summed E-state index contributed by atoms with van der Waals surface area (Å²) in [7, 11) is 0. The van der Waals surface area contributed by atoms with Crippen molar-refractivity contribution in [2.75, 3.05) is 17.6 Å². The summed E-state index contributed by atoms with van der Waals surface area (Å²) >= 11 is 5.64. The summed E-state index contributed by atoms with van der Waals surface area (Å²) in [6.45, 7) is 2.66. The van der Waals surface area contributed by atoms with Crippen molar-refractivity contribution in [2.24, 2.45) is 0 Å². The first-order valence-electron chi connectivity index (χ1n) is 6.06. The van der Waals surface area contributed by atoms with E-state index in [4.69, 9.17) is 22.6 Å². The van der Waals surface area contributed by atoms with Crippen LogP contribution in [0.25, 0.3) is 5.69 Å². The van der Waals surface area contributed by atoms with Crippen LogP contribution in [0.4, 0.5) is 16.0 Å². The first-order valence-corrected chi connectivity index (χ1v) is 6.44. The lowest BCUT2D eigenvalue weighted by atomic mass is 10.3. The SMILES string of the molecule is CCCNc1nn(-c2ccc(Cl)c(F)c2)c(N)c1C#N. The fourth-order valence-electron chi connectivity index (χ4n) is 1.72. The number of rotatable bonds is 4. The van der Waals surface area contributed by atoms with Crippen LogP contribution >= 0.6 is 11.6 Å². The van der Waals surface area contributed by atoms with E-state index in [0.717, 1.165) is 6.42 Å². The molecule has 0 bridgehead atoms. The second-order valence-electron chi connectivity index (χ2n) is 4.16. The van der Waals surface area contributed by atoms with Gasteiger partial charge in [0.2, 0.25) is 0 Å². The summed E-state index contributed by atoms with van der Waals surface area (Å²) in [5.74, 6) is -0.0179. The normalized spacial score (nSPS) is 10.3. The topological polar surface area (TPSA) is 79.7 Å². The van der Waals surface area contributed by atoms with Gasteiger partial charge >= 0.3 is 0 Å². The maximum absolute atomic E-state index is 13.5. The molecular weight excluding hydrogens is 281 g/mol. The van der Waals surface area contributed by atoms with Crippen molar-refractivity contribution in [1.82, 2.24) is 9.78 Å². The number of hydrogen-bond acceptors (Lipinski definition) is 4. The minimum atomic E-state index is -0.569. The third-order valence-electron chi connectivity index (χ3n) is 2.72. The van der Waals surface area contributed by atoms with Crippen LogP contribution < -0.4 is 11.1 Å². The summed E-state index contributed by atoms with van der Waals surface area (Å²) < 4.78 is 14.8. The van der Waals surface area contributed by atoms with Crippen LogP contribution in [0.3, 0.4) is 0 Å². The predicted molar refractivity (Wildman–Crippen MR) is 76.4 cm³/mol. The number of nitrogens with one attached hydrogen (secondary N) is 1. The molecule has 1 aromatic carbocycles. The molecule has 0 atom stereocenters. The van der Waals surface area contributed by atoms with Crippen molar-refractivity contribution in [3.05, 3.63) is 34.6 Å². The van der Waals surface area contributed by atoms with Crippen molar-refractivity contribution in [3.63, 3.8) is 0 Å². The van der Waals surface area contributed by atoms with E-state index in [2.05, 4.69) is 10.4 Å². The molecule has 2 rings (SSSR count). The molecule has 0 saturated heterocycles. The van der Waals surface area contributed by atoms with Crippen LogP contribution in [0.5, 0.6) is 0 Å². The van der Waals surface area contributed by atoms with Gasteiger partial charge in [-0.25, -0.2) is 9.07 Å². The monoisotopic (exact) mass is 293 g/mol. The highest BCUT2D eigenvalue weighted by molar-refractivity contribution is 6.30. The molecule has 20 heavy (non-hydrogen) atoms. The van der Waals surface area contributed by atoms with Crippen molar-refractivity contribution in [3.8, 4) is 11.8 Å². The zero-order valence-electron chi connectivity index (χ0n) is 10.8. The van der Waals surface area contributed by atoms with E-state index >= 15 is 0 Å². The molecule has 104 valence electrons. The molecule has 0 fully saturated rings. The van der Waals surface area contributed by atoms with E-state index in [1.807, 2.05) is 13.0 Å². The van der Waals surface area contributed by atoms with Gasteiger partial charge in [0.15, 0.2) is 5.82 Å². The van der Waals surface area contributed by atoms with Gasteiger partial charge in [-0.05, 0) is 18.6 Å². The van der Waals surface area contributed by atoms with Crippen molar-refractivity contribution in [2.45, 2.75) is 13.3 Å². The molecule has 7 heteroatoms. The van der Waals surface area contributed by atoms with E-state index in [1.165, 1.54) is 16.8 Å². The lowest BCUT2D eigenvalue weighted by Crippen LogP contribution is -2.04. The summed E-state index contributed by atoms with van der Waals surface area (Å²) in [5.41, 5.74) is 6.54. The standard InChI is InChI=1S/C13H13ClFN5/c1-2-5-18-13-9(7-16)12(17)20(19-13)8-3-4-10(14)11(15)6-8/h3-4,6H,2,5,17H2,1H3,(H,18,19). The minimum absolute atomic E-state index is 0.0179. The Morgan fingerprint density at radius 3 is 2.90 bits per heavy atom. The van der Waals surface area contributed by atoms with E-state index in [1.54, 1.807) is 6.07 Å². The highest BCUT2D eigenvalue weighted by Gasteiger charge is 2.16. The smallest absolute Gasteiger partial charge is 0.168 e. The second-order valence-corrected chi connectivity index (χ2v) is 4.56. The zero-order valence-corrected chi connectivity index (χ0v) is 11.6. The van der Waals surface area contributed by atoms with Gasteiger partial charge in [0.1, 0.15) is 23.3 Å². The second kappa shape index (κ2) is 5.80. The van der Waals surface area contributed by atoms with E-state index in [-0.39, 0.29) is 16.4 Å². The Kier molecular flexibility index (Phi) is 4.11. The predicted octanol–water partition coefficient (Wildman–Crippen LogP) is 2.94. The number of nitrogen functional groups attached to an aromatic ring is 1. The number of hydrogen-bond donors (Lipinski definition) is 2. The first kappa shape index (κ1) is 14.2. The molecule has 0 unspecified atom stereocenters. The Morgan fingerprint density at radius 2 is 2.30 bits per heavy atom. The molecule has 0 aliphatic heterocycles. The zero-order chi connectivity index (χ0) is 14.7. The van der Waals surface area contributed by atoms with E-state index in [9.17, 15) is 4.39 Å². The largest absolute Gasteiger partial charge is 0.382 e. The summed E-state index contributed by atoms with van der Waals surface area (Å²) in [4.78, 5) is 0. The van der Waals surface area contributed by atoms with Gasteiger partial charge in [0.25, 0.3) is 0 Å². The maximum Gasteiger partial charge on any atom is 0.168 e. The number of halogens is 2. The third kappa shape index (κ3) is 2.53. The molecule has 0 aliphatic rings. The van der Waals surface area contributed by atoms with Crippen molar-refractivity contribution in [1.29, 1.82) is 5.26 Å². The van der Waals surface area contributed by atoms with Gasteiger partial charge in [-0.2, -0.15) is 5.26 Å². The Labute approximate surface area is 120 Å². The summed E-state index contributed by atoms with van der Waals surface area (Å²) in [5, 5.41) is 16.4. The van der Waals surface area contributed by atoms with Crippen LogP contribution in [0, 0.1) is 17.1 Å². The van der Waals surface area contributed by atoms with Crippen LogP contribution in [0.2, 0.25) is 5.02 Å². The molecule has 5 nitrogen and oxygen atoms in total. The number of aromatic nitrogens is 2. The van der Waals surface area contributed by atoms with Gasteiger partial charge in [0.05, 0.1) is 10.7 Å². The first-order chi connectivity index (χ1) is 9.58. The Hall–Kier alpha value is -2.26. The number of benzene rings is 1. The van der Waals surface area contributed by atoms with Crippen LogP contribution in [-0.4, -0.2) is 16.3 Å². The van der Waals surface area contributed by atoms with Crippen molar-refractivity contribution < 1.29 is 4.39 Å².